The lowest BCUT2D eigenvalue weighted by molar-refractivity contribution is -0.154. The highest BCUT2D eigenvalue weighted by Crippen LogP contribution is 2.08. The summed E-state index contributed by atoms with van der Waals surface area (Å²) in [6, 6.07) is 0. The summed E-state index contributed by atoms with van der Waals surface area (Å²) in [7, 11) is 0. The van der Waals surface area contributed by atoms with Gasteiger partial charge in [-0.2, -0.15) is 0 Å². The lowest BCUT2D eigenvalue weighted by Gasteiger charge is -2.16. The molecule has 0 bridgehead atoms. The van der Waals surface area contributed by atoms with E-state index in [1.165, 1.54) is 27.0 Å². The third-order valence-corrected chi connectivity index (χ3v) is 1.66. The summed E-state index contributed by atoms with van der Waals surface area (Å²) in [5, 5.41) is 0. The summed E-state index contributed by atoms with van der Waals surface area (Å²) < 4.78 is 14.3. The first-order chi connectivity index (χ1) is 7.82. The van der Waals surface area contributed by atoms with Crippen molar-refractivity contribution in [2.24, 2.45) is 0 Å². The quantitative estimate of drug-likeness (QED) is 0.407. The van der Waals surface area contributed by atoms with Crippen molar-refractivity contribution in [3.05, 3.63) is 11.8 Å². The molecule has 0 amide bonds. The fourth-order valence-electron chi connectivity index (χ4n) is 0.904. The molecule has 0 N–H and O–H groups in total. The Bertz CT molecular complexity index is 331. The maximum atomic E-state index is 10.8. The molecule has 6 heteroatoms. The van der Waals surface area contributed by atoms with Crippen LogP contribution in [-0.4, -0.2) is 30.6 Å². The van der Waals surface area contributed by atoms with E-state index in [4.69, 9.17) is 9.47 Å². The van der Waals surface area contributed by atoms with Crippen LogP contribution in [-0.2, 0) is 28.6 Å². The molecule has 96 valence electrons. The highest BCUT2D eigenvalue weighted by molar-refractivity contribution is 5.68. The van der Waals surface area contributed by atoms with E-state index in [0.29, 0.717) is 5.57 Å². The molecule has 0 heterocycles. The Morgan fingerprint density at radius 1 is 1.00 bits per heavy atom. The van der Waals surface area contributed by atoms with Gasteiger partial charge in [0.15, 0.2) is 6.10 Å². The number of carbonyl (C=O) groups excluding carboxylic acids is 3. The molecule has 1 atom stereocenters. The molecule has 0 aliphatic carbocycles. The molecule has 0 saturated carbocycles. The summed E-state index contributed by atoms with van der Waals surface area (Å²) in [5.41, 5.74) is 0.469. The third-order valence-electron chi connectivity index (χ3n) is 1.66. The zero-order valence-electron chi connectivity index (χ0n) is 10.3. The van der Waals surface area contributed by atoms with Gasteiger partial charge in [-0.15, -0.1) is 0 Å². The monoisotopic (exact) mass is 244 g/mol. The molecule has 0 spiro atoms. The molecule has 0 rings (SSSR count). The van der Waals surface area contributed by atoms with Crippen LogP contribution in [0, 0.1) is 0 Å². The van der Waals surface area contributed by atoms with Gasteiger partial charge in [-0.3, -0.25) is 14.4 Å². The van der Waals surface area contributed by atoms with Crippen LogP contribution in [0.15, 0.2) is 11.8 Å². The highest BCUT2D eigenvalue weighted by Gasteiger charge is 2.16. The average molecular weight is 244 g/mol. The molecule has 17 heavy (non-hydrogen) atoms. The number of carbonyl (C=O) groups is 3. The number of ether oxygens (including phenoxy) is 3. The Balaban J connectivity index is 4.53. The molecule has 0 saturated heterocycles. The Kier molecular flexibility index (Phi) is 6.62. The van der Waals surface area contributed by atoms with E-state index in [1.807, 2.05) is 0 Å². The van der Waals surface area contributed by atoms with Gasteiger partial charge >= 0.3 is 17.9 Å². The van der Waals surface area contributed by atoms with Gasteiger partial charge in [0, 0.05) is 26.3 Å². The van der Waals surface area contributed by atoms with Gasteiger partial charge in [0.25, 0.3) is 0 Å². The van der Waals surface area contributed by atoms with Crippen LogP contribution < -0.4 is 0 Å². The minimum Gasteiger partial charge on any atom is -0.462 e. The van der Waals surface area contributed by atoms with Crippen LogP contribution in [0.2, 0.25) is 0 Å². The van der Waals surface area contributed by atoms with Gasteiger partial charge in [-0.25, -0.2) is 0 Å². The van der Waals surface area contributed by atoms with Crippen molar-refractivity contribution in [1.29, 1.82) is 0 Å². The number of esters is 3. The van der Waals surface area contributed by atoms with Crippen molar-refractivity contribution >= 4 is 17.9 Å². The lowest BCUT2D eigenvalue weighted by atomic mass is 10.2. The van der Waals surface area contributed by atoms with Crippen molar-refractivity contribution in [3.63, 3.8) is 0 Å². The van der Waals surface area contributed by atoms with Gasteiger partial charge < -0.3 is 14.2 Å². The average Bonchev–Trinajstić information content (AvgIpc) is 2.19. The third kappa shape index (κ3) is 8.01. The normalized spacial score (nSPS) is 12.6. The van der Waals surface area contributed by atoms with Crippen LogP contribution in [0.1, 0.15) is 27.7 Å². The molecule has 0 aliphatic rings. The van der Waals surface area contributed by atoms with E-state index in [2.05, 4.69) is 4.74 Å². The number of rotatable bonds is 5. The SMILES string of the molecule is CC(=O)O/C=C(/C)C(COC(C)=O)OC(C)=O. The van der Waals surface area contributed by atoms with Gasteiger partial charge in [-0.1, -0.05) is 0 Å². The molecular formula is C11H16O6. The standard InChI is InChI=1S/C11H16O6/c1-7(5-15-8(2)12)11(17-10(4)14)6-16-9(3)13/h5,11H,6H2,1-4H3/b7-5-. The Morgan fingerprint density at radius 3 is 2.00 bits per heavy atom. The van der Waals surface area contributed by atoms with E-state index in [1.54, 1.807) is 6.92 Å². The van der Waals surface area contributed by atoms with Crippen LogP contribution in [0.5, 0.6) is 0 Å². The topological polar surface area (TPSA) is 78.9 Å². The first-order valence-electron chi connectivity index (χ1n) is 4.97. The Hall–Kier alpha value is -1.85. The molecule has 0 aromatic rings. The minimum atomic E-state index is -0.754. The maximum Gasteiger partial charge on any atom is 0.307 e. The fraction of sp³-hybridized carbons (Fsp3) is 0.545. The van der Waals surface area contributed by atoms with Crippen LogP contribution in [0.25, 0.3) is 0 Å². The lowest BCUT2D eigenvalue weighted by Crippen LogP contribution is -2.25. The predicted molar refractivity (Wildman–Crippen MR) is 57.7 cm³/mol. The zero-order chi connectivity index (χ0) is 13.4. The number of hydrogen-bond acceptors (Lipinski definition) is 6. The van der Waals surface area contributed by atoms with Crippen molar-refractivity contribution in [1.82, 2.24) is 0 Å². The maximum absolute atomic E-state index is 10.8. The van der Waals surface area contributed by atoms with E-state index in [0.717, 1.165) is 0 Å². The van der Waals surface area contributed by atoms with Crippen molar-refractivity contribution in [3.8, 4) is 0 Å². The molecule has 0 aromatic heterocycles. The van der Waals surface area contributed by atoms with Gasteiger partial charge in [0.05, 0.1) is 6.26 Å². The second kappa shape index (κ2) is 7.43. The van der Waals surface area contributed by atoms with E-state index in [-0.39, 0.29) is 6.61 Å². The van der Waals surface area contributed by atoms with Crippen molar-refractivity contribution < 1.29 is 28.6 Å². The molecule has 0 aliphatic heterocycles. The van der Waals surface area contributed by atoms with Gasteiger partial charge in [0.1, 0.15) is 6.61 Å². The van der Waals surface area contributed by atoms with Gasteiger partial charge in [0.2, 0.25) is 0 Å². The molecule has 6 nitrogen and oxygen atoms in total. The molecular weight excluding hydrogens is 228 g/mol. The van der Waals surface area contributed by atoms with Crippen LogP contribution >= 0.6 is 0 Å². The predicted octanol–water partition coefficient (Wildman–Crippen LogP) is 0.948. The zero-order valence-corrected chi connectivity index (χ0v) is 10.3. The van der Waals surface area contributed by atoms with Crippen LogP contribution in [0.3, 0.4) is 0 Å². The summed E-state index contributed by atoms with van der Waals surface area (Å²) in [6.45, 7) is 5.21. The first-order valence-corrected chi connectivity index (χ1v) is 4.97. The van der Waals surface area contributed by atoms with Crippen molar-refractivity contribution in [2.45, 2.75) is 33.8 Å². The Morgan fingerprint density at radius 2 is 1.59 bits per heavy atom. The second-order valence-corrected chi connectivity index (χ2v) is 3.37. The fourth-order valence-corrected chi connectivity index (χ4v) is 0.904. The molecule has 1 unspecified atom stereocenters. The highest BCUT2D eigenvalue weighted by atomic mass is 16.6. The van der Waals surface area contributed by atoms with E-state index >= 15 is 0 Å². The summed E-state index contributed by atoms with van der Waals surface area (Å²) in [6.07, 6.45) is 0.412. The van der Waals surface area contributed by atoms with Crippen molar-refractivity contribution in [2.75, 3.05) is 6.61 Å². The van der Waals surface area contributed by atoms with E-state index < -0.39 is 24.0 Å². The van der Waals surface area contributed by atoms with E-state index in [9.17, 15) is 14.4 Å². The van der Waals surface area contributed by atoms with Gasteiger partial charge in [-0.05, 0) is 6.92 Å². The summed E-state index contributed by atoms with van der Waals surface area (Å²) >= 11 is 0. The summed E-state index contributed by atoms with van der Waals surface area (Å²) in [5.74, 6) is -1.49. The molecule has 0 aromatic carbocycles. The number of hydrogen-bond donors (Lipinski definition) is 0. The largest absolute Gasteiger partial charge is 0.462 e. The van der Waals surface area contributed by atoms with Crippen LogP contribution in [0.4, 0.5) is 0 Å². The second-order valence-electron chi connectivity index (χ2n) is 3.37. The molecule has 0 radical (unpaired) electrons. The first kappa shape index (κ1) is 15.2. The summed E-state index contributed by atoms with van der Waals surface area (Å²) in [4.78, 5) is 32.1. The smallest absolute Gasteiger partial charge is 0.307 e. The minimum absolute atomic E-state index is 0.113. The molecule has 0 fully saturated rings. The Labute approximate surface area is 99.5 Å².